The highest BCUT2D eigenvalue weighted by molar-refractivity contribution is 9.10. The third-order valence-corrected chi connectivity index (χ3v) is 3.38. The lowest BCUT2D eigenvalue weighted by molar-refractivity contribution is 0.543. The van der Waals surface area contributed by atoms with Crippen LogP contribution in [0.4, 0.5) is 0 Å². The molecule has 3 nitrogen and oxygen atoms in total. The molecule has 0 saturated carbocycles. The van der Waals surface area contributed by atoms with Gasteiger partial charge in [-0.05, 0) is 17.7 Å². The fraction of sp³-hybridized carbons (Fsp3) is 0.357. The van der Waals surface area contributed by atoms with Gasteiger partial charge in [-0.25, -0.2) is 4.68 Å². The highest BCUT2D eigenvalue weighted by Crippen LogP contribution is 2.18. The van der Waals surface area contributed by atoms with Crippen molar-refractivity contribution in [1.82, 2.24) is 9.78 Å². The molecule has 0 aliphatic rings. The topological polar surface area (TPSA) is 37.8 Å². The van der Waals surface area contributed by atoms with Gasteiger partial charge in [-0.3, -0.25) is 9.89 Å². The Morgan fingerprint density at radius 3 is 2.33 bits per heavy atom. The minimum Gasteiger partial charge on any atom is -0.299 e. The van der Waals surface area contributed by atoms with E-state index in [2.05, 4.69) is 41.8 Å². The summed E-state index contributed by atoms with van der Waals surface area (Å²) >= 11 is 3.40. The van der Waals surface area contributed by atoms with Crippen LogP contribution >= 0.6 is 15.9 Å². The number of hydrogen-bond donors (Lipinski definition) is 1. The molecule has 4 heteroatoms. The molecular formula is C14H17BrN2O. The summed E-state index contributed by atoms with van der Waals surface area (Å²) in [4.78, 5) is 11.9. The number of hydrogen-bond acceptors (Lipinski definition) is 1. The van der Waals surface area contributed by atoms with E-state index in [0.717, 1.165) is 15.7 Å². The number of aromatic nitrogens is 2. The fourth-order valence-electron chi connectivity index (χ4n) is 1.71. The zero-order valence-electron chi connectivity index (χ0n) is 10.8. The number of halogens is 1. The maximum Gasteiger partial charge on any atom is 0.267 e. The van der Waals surface area contributed by atoms with Gasteiger partial charge in [0.05, 0.1) is 6.54 Å². The van der Waals surface area contributed by atoms with Gasteiger partial charge in [0.1, 0.15) is 0 Å². The Hall–Kier alpha value is -1.29. The monoisotopic (exact) mass is 308 g/mol. The zero-order valence-corrected chi connectivity index (χ0v) is 12.4. The number of benzene rings is 1. The third-order valence-electron chi connectivity index (χ3n) is 2.85. The third kappa shape index (κ3) is 2.93. The minimum absolute atomic E-state index is 0.0165. The van der Waals surface area contributed by atoms with Gasteiger partial charge in [0.15, 0.2) is 0 Å². The first-order valence-corrected chi connectivity index (χ1v) is 6.70. The lowest BCUT2D eigenvalue weighted by Gasteiger charge is -2.15. The van der Waals surface area contributed by atoms with Crippen LogP contribution in [0.25, 0.3) is 0 Å². The predicted octanol–water partition coefficient (Wildman–Crippen LogP) is 3.28. The molecule has 0 amide bonds. The maximum atomic E-state index is 11.9. The number of nitrogens with one attached hydrogen (secondary N) is 1. The van der Waals surface area contributed by atoms with Gasteiger partial charge < -0.3 is 0 Å². The van der Waals surface area contributed by atoms with Gasteiger partial charge in [0, 0.05) is 21.6 Å². The van der Waals surface area contributed by atoms with Gasteiger partial charge >= 0.3 is 0 Å². The molecule has 1 heterocycles. The van der Waals surface area contributed by atoms with E-state index in [1.807, 2.05) is 24.3 Å². The minimum atomic E-state index is -0.0376. The van der Waals surface area contributed by atoms with Crippen molar-refractivity contribution in [2.75, 3.05) is 0 Å². The van der Waals surface area contributed by atoms with Crippen molar-refractivity contribution in [1.29, 1.82) is 0 Å². The molecule has 0 bridgehead atoms. The maximum absolute atomic E-state index is 11.9. The largest absolute Gasteiger partial charge is 0.299 e. The Labute approximate surface area is 115 Å². The van der Waals surface area contributed by atoms with E-state index in [4.69, 9.17) is 0 Å². The van der Waals surface area contributed by atoms with E-state index in [1.54, 1.807) is 10.7 Å². The van der Waals surface area contributed by atoms with Crippen LogP contribution in [-0.4, -0.2) is 9.78 Å². The van der Waals surface area contributed by atoms with Gasteiger partial charge in [0.2, 0.25) is 0 Å². The van der Waals surface area contributed by atoms with Gasteiger partial charge in [0.25, 0.3) is 5.56 Å². The predicted molar refractivity (Wildman–Crippen MR) is 77.0 cm³/mol. The van der Waals surface area contributed by atoms with Gasteiger partial charge in [-0.2, -0.15) is 0 Å². The molecule has 0 fully saturated rings. The first-order valence-electron chi connectivity index (χ1n) is 5.91. The van der Waals surface area contributed by atoms with E-state index in [0.29, 0.717) is 6.54 Å². The average molecular weight is 309 g/mol. The van der Waals surface area contributed by atoms with Crippen molar-refractivity contribution >= 4 is 15.9 Å². The summed E-state index contributed by atoms with van der Waals surface area (Å²) in [5, 5.41) is 3.18. The lowest BCUT2D eigenvalue weighted by Crippen LogP contribution is -2.17. The molecule has 0 saturated heterocycles. The van der Waals surface area contributed by atoms with E-state index in [-0.39, 0.29) is 11.0 Å². The van der Waals surface area contributed by atoms with Crippen molar-refractivity contribution in [3.8, 4) is 0 Å². The van der Waals surface area contributed by atoms with E-state index in [9.17, 15) is 4.79 Å². The summed E-state index contributed by atoms with van der Waals surface area (Å²) in [7, 11) is 0. The Bertz CT molecular complexity index is 587. The highest BCUT2D eigenvalue weighted by atomic mass is 79.9. The van der Waals surface area contributed by atoms with Crippen LogP contribution in [0.3, 0.4) is 0 Å². The molecule has 18 heavy (non-hydrogen) atoms. The Balaban J connectivity index is 2.27. The molecule has 2 rings (SSSR count). The van der Waals surface area contributed by atoms with Gasteiger partial charge in [-0.15, -0.1) is 0 Å². The Kier molecular flexibility index (Phi) is 3.48. The van der Waals surface area contributed by atoms with Crippen molar-refractivity contribution < 1.29 is 0 Å². The number of aromatic amines is 1. The molecule has 0 atom stereocenters. The lowest BCUT2D eigenvalue weighted by atomic mass is 9.93. The van der Waals surface area contributed by atoms with Crippen molar-refractivity contribution in [2.45, 2.75) is 32.7 Å². The zero-order chi connectivity index (χ0) is 13.3. The SMILES string of the molecule is CC(C)(C)c1cc(=O)n(Cc2ccc(Br)cc2)[nH]1. The molecule has 1 N–H and O–H groups in total. The standard InChI is InChI=1S/C14H17BrN2O/c1-14(2,3)12-8-13(18)17(16-12)9-10-4-6-11(15)7-5-10/h4-8,16H,9H2,1-3H3. The normalized spacial score (nSPS) is 11.8. The molecular weight excluding hydrogens is 292 g/mol. The highest BCUT2D eigenvalue weighted by Gasteiger charge is 2.17. The summed E-state index contributed by atoms with van der Waals surface area (Å²) in [5.74, 6) is 0. The molecule has 1 aromatic carbocycles. The number of H-pyrrole nitrogens is 1. The van der Waals surface area contributed by atoms with Crippen LogP contribution in [0.2, 0.25) is 0 Å². The molecule has 0 radical (unpaired) electrons. The van der Waals surface area contributed by atoms with Crippen LogP contribution in [-0.2, 0) is 12.0 Å². The molecule has 2 aromatic rings. The van der Waals surface area contributed by atoms with E-state index >= 15 is 0 Å². The molecule has 0 spiro atoms. The second-order valence-electron chi connectivity index (χ2n) is 5.47. The first kappa shape index (κ1) is 13.1. The van der Waals surface area contributed by atoms with Crippen LogP contribution in [0.15, 0.2) is 39.6 Å². The van der Waals surface area contributed by atoms with Crippen LogP contribution < -0.4 is 5.56 Å². The molecule has 96 valence electrons. The summed E-state index contributed by atoms with van der Waals surface area (Å²) in [6.07, 6.45) is 0. The molecule has 0 aliphatic carbocycles. The van der Waals surface area contributed by atoms with Crippen molar-refractivity contribution in [3.05, 3.63) is 56.4 Å². The average Bonchev–Trinajstić information content (AvgIpc) is 2.63. The van der Waals surface area contributed by atoms with Crippen LogP contribution in [0, 0.1) is 0 Å². The number of rotatable bonds is 2. The first-order chi connectivity index (χ1) is 8.36. The molecule has 0 aliphatic heterocycles. The Morgan fingerprint density at radius 2 is 1.83 bits per heavy atom. The van der Waals surface area contributed by atoms with Crippen molar-refractivity contribution in [3.63, 3.8) is 0 Å². The summed E-state index contributed by atoms with van der Waals surface area (Å²) in [6.45, 7) is 6.83. The molecule has 1 aromatic heterocycles. The number of nitrogens with zero attached hydrogens (tertiary/aromatic N) is 1. The van der Waals surface area contributed by atoms with Crippen LogP contribution in [0.1, 0.15) is 32.0 Å². The smallest absolute Gasteiger partial charge is 0.267 e. The van der Waals surface area contributed by atoms with Gasteiger partial charge in [-0.1, -0.05) is 48.8 Å². The van der Waals surface area contributed by atoms with E-state index < -0.39 is 0 Å². The Morgan fingerprint density at radius 1 is 1.22 bits per heavy atom. The molecule has 0 unspecified atom stereocenters. The summed E-state index contributed by atoms with van der Waals surface area (Å²) < 4.78 is 2.68. The summed E-state index contributed by atoms with van der Waals surface area (Å²) in [5.41, 5.74) is 2.04. The second-order valence-corrected chi connectivity index (χ2v) is 6.39. The second kappa shape index (κ2) is 4.76. The quantitative estimate of drug-likeness (QED) is 0.908. The van der Waals surface area contributed by atoms with E-state index in [1.165, 1.54) is 0 Å². The van der Waals surface area contributed by atoms with Crippen LogP contribution in [0.5, 0.6) is 0 Å². The van der Waals surface area contributed by atoms with Crippen molar-refractivity contribution in [2.24, 2.45) is 0 Å². The summed E-state index contributed by atoms with van der Waals surface area (Å²) in [6, 6.07) is 9.66. The fourth-order valence-corrected chi connectivity index (χ4v) is 1.97.